The van der Waals surface area contributed by atoms with Crippen molar-refractivity contribution in [1.29, 1.82) is 0 Å². The van der Waals surface area contributed by atoms with Crippen molar-refractivity contribution >= 4 is 25.2 Å². The molecular weight excluding hydrogens is 363 g/mol. The fourth-order valence-corrected chi connectivity index (χ4v) is 1.56. The molecule has 0 atom stereocenters. The van der Waals surface area contributed by atoms with Crippen LogP contribution < -0.4 is 9.54 Å². The van der Waals surface area contributed by atoms with E-state index in [-0.39, 0.29) is 4.70 Å². The van der Waals surface area contributed by atoms with Crippen LogP contribution in [0, 0.1) is 0 Å². The molecule has 0 fully saturated rings. The van der Waals surface area contributed by atoms with Crippen LogP contribution in [0.3, 0.4) is 0 Å². The summed E-state index contributed by atoms with van der Waals surface area (Å²) in [5.74, 6) is 0. The molecule has 0 radical (unpaired) electrons. The number of nitrogens with zero attached hydrogens (tertiary/aromatic N) is 5. The van der Waals surface area contributed by atoms with Crippen LogP contribution in [0.2, 0.25) is 0 Å². The molecule has 1 aromatic heterocycles. The Morgan fingerprint density at radius 1 is 1.12 bits per heavy atom. The van der Waals surface area contributed by atoms with Crippen LogP contribution in [0.25, 0.3) is 11.0 Å². The Bertz CT molecular complexity index is 691. The summed E-state index contributed by atoms with van der Waals surface area (Å²) in [5, 5.41) is 8.00. The van der Waals surface area contributed by atoms with Crippen LogP contribution in [0.4, 0.5) is 21.0 Å². The molecule has 138 valence electrons. The molecule has 2 rings (SSSR count). The van der Waals surface area contributed by atoms with Crippen molar-refractivity contribution in [2.75, 3.05) is 28.2 Å². The summed E-state index contributed by atoms with van der Waals surface area (Å²) < 4.78 is 51.1. The van der Waals surface area contributed by atoms with Gasteiger partial charge in [-0.15, -0.1) is 5.10 Å². The van der Waals surface area contributed by atoms with Gasteiger partial charge in [0.1, 0.15) is 11.0 Å². The predicted octanol–water partition coefficient (Wildman–Crippen LogP) is 0.0158. The maximum atomic E-state index is 9.84. The monoisotopic (exact) mass is 379 g/mol. The zero-order chi connectivity index (χ0) is 17.9. The van der Waals surface area contributed by atoms with Gasteiger partial charge in [-0.25, -0.2) is 9.48 Å². The van der Waals surface area contributed by atoms with E-state index in [2.05, 4.69) is 10.3 Å². The number of rotatable bonds is 1. The van der Waals surface area contributed by atoms with E-state index in [0.29, 0.717) is 6.02 Å². The molecule has 0 unspecified atom stereocenters. The second kappa shape index (κ2) is 7.65. The van der Waals surface area contributed by atoms with Crippen molar-refractivity contribution in [3.05, 3.63) is 24.3 Å². The first kappa shape index (κ1) is 21.9. The van der Waals surface area contributed by atoms with Crippen LogP contribution in [-0.4, -0.2) is 58.8 Å². The van der Waals surface area contributed by atoms with Gasteiger partial charge >= 0.3 is 35.2 Å². The third-order valence-corrected chi connectivity index (χ3v) is 2.25. The van der Waals surface area contributed by atoms with E-state index >= 15 is 0 Å². The van der Waals surface area contributed by atoms with Crippen molar-refractivity contribution in [2.24, 2.45) is 0 Å². The Labute approximate surface area is 134 Å². The van der Waals surface area contributed by atoms with Crippen molar-refractivity contribution in [1.82, 2.24) is 20.1 Å². The first-order valence-corrected chi connectivity index (χ1v) is 7.83. The number of fused-ring (bicyclic) bond motifs is 1. The van der Waals surface area contributed by atoms with Gasteiger partial charge in [-0.3, -0.25) is 4.84 Å². The third kappa shape index (κ3) is 7.95. The minimum atomic E-state index is -8.55. The molecule has 0 aliphatic heterocycles. The van der Waals surface area contributed by atoms with E-state index in [9.17, 15) is 21.0 Å². The van der Waals surface area contributed by atoms with Crippen LogP contribution in [0.15, 0.2) is 24.3 Å². The summed E-state index contributed by atoms with van der Waals surface area (Å²) in [6, 6.07) is 8.34. The summed E-state index contributed by atoms with van der Waals surface area (Å²) in [6.45, 7) is 0. The van der Waals surface area contributed by atoms with E-state index in [1.807, 2.05) is 61.9 Å². The summed E-state index contributed by atoms with van der Waals surface area (Å²) >= 11 is 0. The van der Waals surface area contributed by atoms with Crippen LogP contribution in [0.1, 0.15) is 0 Å². The largest absolute Gasteiger partial charge is 1.00 e. The van der Waals surface area contributed by atoms with Crippen LogP contribution >= 0.6 is 8.16 Å². The molecule has 0 N–H and O–H groups in total. The molecule has 0 aliphatic rings. The van der Waals surface area contributed by atoms with E-state index in [1.54, 1.807) is 0 Å². The van der Waals surface area contributed by atoms with Crippen molar-refractivity contribution in [2.45, 2.75) is 0 Å². The molecule has 0 aliphatic carbocycles. The minimum Gasteiger partial charge on any atom is -1.00 e. The summed E-state index contributed by atoms with van der Waals surface area (Å²) in [4.78, 5) is 8.99. The number of aromatic nitrogens is 3. The second-order valence-electron chi connectivity index (χ2n) is 4.75. The molecule has 2 aromatic rings. The average molecular weight is 379 g/mol. The zero-order valence-corrected chi connectivity index (χ0v) is 14.1. The van der Waals surface area contributed by atoms with Gasteiger partial charge in [0.15, 0.2) is 0 Å². The molecule has 1 aromatic carbocycles. The normalized spacial score (nSPS) is 12.1. The number of hydrogen-bond donors (Lipinski definition) is 0. The van der Waals surface area contributed by atoms with Crippen LogP contribution in [-0.2, 0) is 0 Å². The van der Waals surface area contributed by atoms with E-state index in [1.165, 1.54) is 4.85 Å². The molecule has 24 heavy (non-hydrogen) atoms. The summed E-state index contributed by atoms with van der Waals surface area (Å²) in [5.41, 5.74) is 1.65. The smallest absolute Gasteiger partial charge is 1.00 e. The molecule has 6 nitrogen and oxygen atoms in total. The second-order valence-corrected chi connectivity index (χ2v) is 6.03. The molecular formula is C11H16F6N5OP. The fourth-order valence-electron chi connectivity index (χ4n) is 1.56. The third-order valence-electron chi connectivity index (χ3n) is 2.25. The number of hydrogen-bond acceptors (Lipinski definition) is 3. The number of para-hydroxylation sites is 1. The van der Waals surface area contributed by atoms with Gasteiger partial charge in [0.25, 0.3) is 0 Å². The molecule has 1 heterocycles. The Hall–Kier alpha value is -2.10. The first-order chi connectivity index (χ1) is 10.3. The Balaban J connectivity index is 0.000000655. The SMILES string of the molecule is CN(C)C(On1nnc2ccccc21)=[N+](C)C.FP(F)(F)(F)F.[F-]. The minimum absolute atomic E-state index is 0. The van der Waals surface area contributed by atoms with Gasteiger partial charge < -0.3 is 4.70 Å². The number of benzene rings is 1. The maximum Gasteiger partial charge on any atom is -1.00 e. The van der Waals surface area contributed by atoms with Crippen molar-refractivity contribution in [3.63, 3.8) is 0 Å². The molecule has 0 amide bonds. The standard InChI is InChI=1S/C11H16N5O.F5P.FH/c1-14(2)11(15(3)4)17-16-10-8-6-5-7-9(10)12-13-16;1-6(2,3,4)5;/h5-8H,1-4H3;;1H/q+1;;/p-1. The number of amidine groups is 1. The van der Waals surface area contributed by atoms with Gasteiger partial charge in [0.2, 0.25) is 0 Å². The van der Waals surface area contributed by atoms with Gasteiger partial charge in [0, 0.05) is 0 Å². The Morgan fingerprint density at radius 3 is 2.08 bits per heavy atom. The molecule has 0 bridgehead atoms. The van der Waals surface area contributed by atoms with Crippen molar-refractivity contribution < 1.29 is 35.1 Å². The van der Waals surface area contributed by atoms with Gasteiger partial charge in [-0.1, -0.05) is 17.0 Å². The number of halogens is 6. The Morgan fingerprint density at radius 2 is 1.62 bits per heavy atom. The average Bonchev–Trinajstić information content (AvgIpc) is 2.75. The van der Waals surface area contributed by atoms with Gasteiger partial charge in [-0.2, -0.15) is 0 Å². The molecule has 0 saturated carbocycles. The quantitative estimate of drug-likeness (QED) is 0.230. The zero-order valence-electron chi connectivity index (χ0n) is 13.2. The molecule has 0 saturated heterocycles. The first-order valence-electron chi connectivity index (χ1n) is 6.14. The summed E-state index contributed by atoms with van der Waals surface area (Å²) in [7, 11) is -0.905. The van der Waals surface area contributed by atoms with E-state index < -0.39 is 8.16 Å². The van der Waals surface area contributed by atoms with Crippen LogP contribution in [0.5, 0.6) is 0 Å². The maximum absolute atomic E-state index is 9.84. The predicted molar refractivity (Wildman–Crippen MR) is 77.4 cm³/mol. The Kier molecular flexibility index (Phi) is 6.98. The van der Waals surface area contributed by atoms with Crippen molar-refractivity contribution in [3.8, 4) is 0 Å². The van der Waals surface area contributed by atoms with Gasteiger partial charge in [-0.05, 0) is 17.3 Å². The summed E-state index contributed by atoms with van der Waals surface area (Å²) in [6.07, 6.45) is 0. The van der Waals surface area contributed by atoms with E-state index in [0.717, 1.165) is 11.0 Å². The van der Waals surface area contributed by atoms with Gasteiger partial charge in [0.05, 0.1) is 28.2 Å². The molecule has 0 spiro atoms. The van der Waals surface area contributed by atoms with E-state index in [4.69, 9.17) is 4.84 Å². The molecule has 13 heteroatoms. The topological polar surface area (TPSA) is 46.2 Å². The fraction of sp³-hybridized carbons (Fsp3) is 0.364.